The van der Waals surface area contributed by atoms with Crippen LogP contribution >= 0.6 is 0 Å². The third-order valence-electron chi connectivity index (χ3n) is 11.2. The third-order valence-corrected chi connectivity index (χ3v) is 11.2. The van der Waals surface area contributed by atoms with E-state index in [1.807, 2.05) is 37.5 Å². The van der Waals surface area contributed by atoms with Crippen LogP contribution in [-0.2, 0) is 14.3 Å². The van der Waals surface area contributed by atoms with Crippen molar-refractivity contribution < 1.29 is 27.9 Å². The summed E-state index contributed by atoms with van der Waals surface area (Å²) in [6.45, 7) is 3.84. The zero-order valence-corrected chi connectivity index (χ0v) is 25.8. The van der Waals surface area contributed by atoms with Gasteiger partial charge in [0.05, 0.1) is 35.9 Å². The number of fused-ring (bicyclic) bond motifs is 3. The van der Waals surface area contributed by atoms with Crippen LogP contribution in [0.4, 0.5) is 4.39 Å². The molecule has 2 aromatic rings. The Morgan fingerprint density at radius 1 is 1.00 bits per heavy atom. The van der Waals surface area contributed by atoms with Crippen LogP contribution in [0.15, 0.2) is 46.5 Å². The molecule has 1 aromatic heterocycles. The molecule has 5 fully saturated rings. The van der Waals surface area contributed by atoms with Crippen LogP contribution in [0.5, 0.6) is 0 Å². The van der Waals surface area contributed by atoms with Crippen LogP contribution in [0.1, 0.15) is 49.1 Å². The quantitative estimate of drug-likeness (QED) is 0.522. The number of hydrogen-bond donors (Lipinski definition) is 1. The van der Waals surface area contributed by atoms with Gasteiger partial charge in [0.15, 0.2) is 11.5 Å². The van der Waals surface area contributed by atoms with Crippen LogP contribution < -0.4 is 5.32 Å². The number of likely N-dealkylation sites (tertiary alicyclic amines) is 1. The standard InChI is InChI=1S/C34H42FN5O5/c1-37-12-14-38(15-13-37)34(43)23-19-40-25-7-3-5-9-27(25)45-32-29(40)22(31(23)41)17-24(35)30(32)39-11-10-21(18-39)36-33(42)28-16-20-6-2-4-8-26(20)44-28/h2,4,6,8,16,19,21-22,24-25,27,29-30,32H,3,5,7,9-15,17-18H2,1H3,(H,36,42). The van der Waals surface area contributed by atoms with E-state index in [-0.39, 0.29) is 59.6 Å². The summed E-state index contributed by atoms with van der Waals surface area (Å²) in [5.74, 6) is -1.08. The molecule has 10 nitrogen and oxygen atoms in total. The lowest BCUT2D eigenvalue weighted by molar-refractivity contribution is -0.210. The maximum atomic E-state index is 16.4. The van der Waals surface area contributed by atoms with Gasteiger partial charge < -0.3 is 29.2 Å². The van der Waals surface area contributed by atoms with E-state index in [2.05, 4.69) is 20.0 Å². The highest BCUT2D eigenvalue weighted by atomic mass is 19.1. The lowest BCUT2D eigenvalue weighted by Gasteiger charge is -2.60. The number of Topliss-reactive ketones (excluding diaryl/α,β-unsaturated/α-hetero) is 1. The van der Waals surface area contributed by atoms with Gasteiger partial charge in [-0.05, 0) is 44.9 Å². The molecule has 2 aliphatic carbocycles. The number of ether oxygens (including phenoxy) is 1. The van der Waals surface area contributed by atoms with E-state index in [4.69, 9.17) is 9.15 Å². The van der Waals surface area contributed by atoms with Crippen molar-refractivity contribution in [1.29, 1.82) is 0 Å². The number of hydrogen-bond acceptors (Lipinski definition) is 8. The van der Waals surface area contributed by atoms with E-state index >= 15 is 4.39 Å². The Kier molecular flexibility index (Phi) is 7.45. The molecule has 5 heterocycles. The van der Waals surface area contributed by atoms with Crippen molar-refractivity contribution >= 4 is 28.6 Å². The number of nitrogens with one attached hydrogen (secondary N) is 1. The van der Waals surface area contributed by atoms with Crippen molar-refractivity contribution in [3.8, 4) is 0 Å². The zero-order chi connectivity index (χ0) is 30.8. The second kappa shape index (κ2) is 11.5. The van der Waals surface area contributed by atoms with Crippen LogP contribution in [0.2, 0.25) is 0 Å². The zero-order valence-electron chi connectivity index (χ0n) is 25.8. The molecule has 0 bridgehead atoms. The fraction of sp³-hybridized carbons (Fsp3) is 0.618. The normalized spacial score (nSPS) is 35.6. The number of morpholine rings is 1. The van der Waals surface area contributed by atoms with Gasteiger partial charge in [-0.2, -0.15) is 0 Å². The van der Waals surface area contributed by atoms with Crippen LogP contribution in [0.25, 0.3) is 11.0 Å². The minimum atomic E-state index is -1.29. The van der Waals surface area contributed by atoms with Gasteiger partial charge in [0.1, 0.15) is 11.8 Å². The molecule has 1 N–H and O–H groups in total. The summed E-state index contributed by atoms with van der Waals surface area (Å²) in [5, 5.41) is 3.97. The number of amides is 2. The minimum Gasteiger partial charge on any atom is -0.451 e. The van der Waals surface area contributed by atoms with E-state index in [0.717, 1.165) is 44.2 Å². The summed E-state index contributed by atoms with van der Waals surface area (Å²) < 4.78 is 29.0. The topological polar surface area (TPSA) is 98.6 Å². The molecule has 11 heteroatoms. The van der Waals surface area contributed by atoms with Gasteiger partial charge in [-0.1, -0.05) is 31.0 Å². The van der Waals surface area contributed by atoms with Crippen LogP contribution in [0.3, 0.4) is 0 Å². The number of furan rings is 1. The van der Waals surface area contributed by atoms with E-state index in [1.54, 1.807) is 11.0 Å². The number of halogens is 1. The number of likely N-dealkylation sites (N-methyl/N-ethyl adjacent to an activating group) is 1. The van der Waals surface area contributed by atoms with Crippen molar-refractivity contribution in [1.82, 2.24) is 24.9 Å². The lowest BCUT2D eigenvalue weighted by Crippen LogP contribution is -2.73. The van der Waals surface area contributed by atoms with Crippen LogP contribution in [-0.4, -0.2) is 126 Å². The first-order valence-electron chi connectivity index (χ1n) is 16.7. The Labute approximate surface area is 262 Å². The number of alkyl halides is 1. The van der Waals surface area contributed by atoms with Crippen molar-refractivity contribution in [3.05, 3.63) is 47.9 Å². The number of nitrogens with zero attached hydrogens (tertiary/aromatic N) is 4. The highest BCUT2D eigenvalue weighted by molar-refractivity contribution is 6.20. The van der Waals surface area contributed by atoms with Gasteiger partial charge in [-0.3, -0.25) is 19.3 Å². The first-order chi connectivity index (χ1) is 21.9. The van der Waals surface area contributed by atoms with Crippen molar-refractivity contribution in [2.45, 2.75) is 81.1 Å². The summed E-state index contributed by atoms with van der Waals surface area (Å²) in [7, 11) is 2.03. The Hall–Kier alpha value is -3.28. The number of rotatable bonds is 4. The van der Waals surface area contributed by atoms with E-state index < -0.39 is 24.2 Å². The number of ketones is 1. The van der Waals surface area contributed by atoms with Gasteiger partial charge in [0, 0.05) is 62.8 Å². The number of carbonyl (C=O) groups excluding carboxylic acids is 3. The molecule has 1 aromatic carbocycles. The molecule has 8 unspecified atom stereocenters. The average Bonchev–Trinajstić information content (AvgIpc) is 3.69. The maximum absolute atomic E-state index is 16.4. The average molecular weight is 620 g/mol. The Morgan fingerprint density at radius 3 is 2.62 bits per heavy atom. The van der Waals surface area contributed by atoms with Crippen molar-refractivity contribution in [2.75, 3.05) is 46.3 Å². The molecule has 4 aliphatic heterocycles. The summed E-state index contributed by atoms with van der Waals surface area (Å²) in [5.41, 5.74) is 0.878. The lowest BCUT2D eigenvalue weighted by atomic mass is 9.69. The molecule has 3 saturated heterocycles. The molecule has 0 radical (unpaired) electrons. The van der Waals surface area contributed by atoms with Gasteiger partial charge in [-0.25, -0.2) is 4.39 Å². The summed E-state index contributed by atoms with van der Waals surface area (Å²) in [6, 6.07) is 8.36. The molecular formula is C34H42FN5O5. The van der Waals surface area contributed by atoms with E-state index in [0.29, 0.717) is 38.2 Å². The highest BCUT2D eigenvalue weighted by Gasteiger charge is 2.60. The Morgan fingerprint density at radius 2 is 1.80 bits per heavy atom. The monoisotopic (exact) mass is 619 g/mol. The number of benzene rings is 1. The Balaban J connectivity index is 1.03. The summed E-state index contributed by atoms with van der Waals surface area (Å²) in [6.07, 6.45) is 4.69. The molecule has 2 amide bonds. The third kappa shape index (κ3) is 5.07. The molecule has 8 rings (SSSR count). The largest absolute Gasteiger partial charge is 0.451 e. The molecule has 0 spiro atoms. The molecule has 6 aliphatic rings. The molecule has 2 saturated carbocycles. The number of para-hydroxylation sites is 1. The second-order valence-electron chi connectivity index (χ2n) is 13.9. The van der Waals surface area contributed by atoms with Crippen molar-refractivity contribution in [3.63, 3.8) is 0 Å². The smallest absolute Gasteiger partial charge is 0.287 e. The minimum absolute atomic E-state index is 0.0657. The highest BCUT2D eigenvalue weighted by Crippen LogP contribution is 2.47. The van der Waals surface area contributed by atoms with Gasteiger partial charge in [-0.15, -0.1) is 0 Å². The fourth-order valence-electron chi connectivity index (χ4n) is 8.86. The molecular weight excluding hydrogens is 577 g/mol. The van der Waals surface area contributed by atoms with E-state index in [9.17, 15) is 14.4 Å². The van der Waals surface area contributed by atoms with Gasteiger partial charge in [0.2, 0.25) is 0 Å². The number of carbonyl (C=O) groups is 3. The predicted molar refractivity (Wildman–Crippen MR) is 164 cm³/mol. The van der Waals surface area contributed by atoms with Gasteiger partial charge >= 0.3 is 0 Å². The first-order valence-corrected chi connectivity index (χ1v) is 16.7. The second-order valence-corrected chi connectivity index (χ2v) is 13.9. The molecule has 240 valence electrons. The summed E-state index contributed by atoms with van der Waals surface area (Å²) in [4.78, 5) is 49.1. The predicted octanol–water partition coefficient (Wildman–Crippen LogP) is 2.58. The SMILES string of the molecule is CN1CCN(C(=O)C2=CN3C4CCCCC4OC4C(N5CCC(NC(=O)c6cc7ccccc7o6)C5)C(F)CC(C2=O)C43)CC1. The van der Waals surface area contributed by atoms with E-state index in [1.165, 1.54) is 0 Å². The molecule has 8 atom stereocenters. The Bertz CT molecular complexity index is 1490. The number of piperazine rings is 1. The first kappa shape index (κ1) is 29.1. The maximum Gasteiger partial charge on any atom is 0.287 e. The summed E-state index contributed by atoms with van der Waals surface area (Å²) >= 11 is 0. The fourth-order valence-corrected chi connectivity index (χ4v) is 8.86. The van der Waals surface area contributed by atoms with Crippen LogP contribution in [0, 0.1) is 5.92 Å². The molecule has 45 heavy (non-hydrogen) atoms. The van der Waals surface area contributed by atoms with Gasteiger partial charge in [0.25, 0.3) is 11.8 Å². The van der Waals surface area contributed by atoms with Crippen molar-refractivity contribution in [2.24, 2.45) is 5.92 Å².